The standard InChI is InChI=1S/C24H23ClN4O4/c1-5-19(23(30)26-16-10-9-13(2)18(25)12-16)29-24(31)22-20(14(3)33-28-22)21(27-29)15-7-6-8-17(11-15)32-4/h6-12,19H,5H2,1-4H3,(H,26,30)/t19-/m1/s1. The van der Waals surface area contributed by atoms with Crippen LogP contribution in [0, 0.1) is 13.8 Å². The lowest BCUT2D eigenvalue weighted by Crippen LogP contribution is -2.35. The van der Waals surface area contributed by atoms with Gasteiger partial charge in [-0.15, -0.1) is 0 Å². The number of carbonyl (C=O) groups is 1. The molecule has 1 atom stereocenters. The molecule has 0 aliphatic carbocycles. The SMILES string of the molecule is CC[C@H](C(=O)Nc1ccc(C)c(Cl)c1)n1nc(-c2cccc(OC)c2)c2c(C)onc2c1=O. The summed E-state index contributed by atoms with van der Waals surface area (Å²) in [7, 11) is 1.57. The second-order valence-corrected chi connectivity index (χ2v) is 8.08. The van der Waals surface area contributed by atoms with E-state index >= 15 is 0 Å². The van der Waals surface area contributed by atoms with Crippen molar-refractivity contribution >= 4 is 34.1 Å². The Bertz CT molecular complexity index is 1410. The molecular weight excluding hydrogens is 444 g/mol. The number of halogens is 1. The van der Waals surface area contributed by atoms with E-state index in [1.165, 1.54) is 4.68 Å². The number of nitrogens with one attached hydrogen (secondary N) is 1. The van der Waals surface area contributed by atoms with E-state index in [1.807, 2.05) is 38.1 Å². The van der Waals surface area contributed by atoms with E-state index in [0.29, 0.717) is 45.3 Å². The summed E-state index contributed by atoms with van der Waals surface area (Å²) < 4.78 is 11.8. The molecule has 4 aromatic rings. The van der Waals surface area contributed by atoms with E-state index in [0.717, 1.165) is 5.56 Å². The first-order chi connectivity index (χ1) is 15.8. The summed E-state index contributed by atoms with van der Waals surface area (Å²) >= 11 is 6.19. The smallest absolute Gasteiger partial charge is 0.297 e. The molecule has 33 heavy (non-hydrogen) atoms. The molecule has 1 amide bonds. The number of fused-ring (bicyclic) bond motifs is 1. The van der Waals surface area contributed by atoms with Crippen molar-refractivity contribution in [3.63, 3.8) is 0 Å². The fourth-order valence-electron chi connectivity index (χ4n) is 3.66. The van der Waals surface area contributed by atoms with E-state index in [4.69, 9.17) is 20.9 Å². The van der Waals surface area contributed by atoms with Gasteiger partial charge in [0.15, 0.2) is 5.52 Å². The molecule has 0 fully saturated rings. The molecule has 2 heterocycles. The molecule has 0 bridgehead atoms. The molecule has 0 saturated carbocycles. The number of hydrogen-bond donors (Lipinski definition) is 1. The molecule has 170 valence electrons. The van der Waals surface area contributed by atoms with E-state index < -0.39 is 11.6 Å². The van der Waals surface area contributed by atoms with Gasteiger partial charge in [-0.05, 0) is 50.1 Å². The van der Waals surface area contributed by atoms with Crippen molar-refractivity contribution in [2.24, 2.45) is 0 Å². The van der Waals surface area contributed by atoms with Crippen LogP contribution in [-0.4, -0.2) is 28.0 Å². The molecule has 0 aliphatic rings. The molecule has 4 rings (SSSR count). The maximum absolute atomic E-state index is 13.3. The Balaban J connectivity index is 1.83. The molecule has 0 aliphatic heterocycles. The van der Waals surface area contributed by atoms with Crippen LogP contribution in [0.2, 0.25) is 5.02 Å². The zero-order valence-electron chi connectivity index (χ0n) is 18.7. The maximum Gasteiger partial charge on any atom is 0.297 e. The lowest BCUT2D eigenvalue weighted by molar-refractivity contribution is -0.119. The predicted octanol–water partition coefficient (Wildman–Crippen LogP) is 4.92. The summed E-state index contributed by atoms with van der Waals surface area (Å²) in [6.45, 7) is 5.40. The van der Waals surface area contributed by atoms with Crippen molar-refractivity contribution in [1.82, 2.24) is 14.9 Å². The molecule has 8 nitrogen and oxygen atoms in total. The lowest BCUT2D eigenvalue weighted by atomic mass is 10.1. The van der Waals surface area contributed by atoms with Crippen LogP contribution in [0.4, 0.5) is 5.69 Å². The van der Waals surface area contributed by atoms with Crippen LogP contribution >= 0.6 is 11.6 Å². The molecule has 0 spiro atoms. The molecular formula is C24H23ClN4O4. The van der Waals surface area contributed by atoms with Gasteiger partial charge >= 0.3 is 0 Å². The Labute approximate surface area is 195 Å². The third kappa shape index (κ3) is 4.21. The first-order valence-electron chi connectivity index (χ1n) is 10.4. The van der Waals surface area contributed by atoms with Crippen LogP contribution in [0.1, 0.15) is 30.7 Å². The van der Waals surface area contributed by atoms with Crippen LogP contribution in [0.3, 0.4) is 0 Å². The maximum atomic E-state index is 13.3. The highest BCUT2D eigenvalue weighted by Crippen LogP contribution is 2.30. The third-order valence-electron chi connectivity index (χ3n) is 5.49. The zero-order valence-corrected chi connectivity index (χ0v) is 19.4. The van der Waals surface area contributed by atoms with Gasteiger partial charge in [0.05, 0.1) is 12.5 Å². The Morgan fingerprint density at radius 3 is 2.73 bits per heavy atom. The van der Waals surface area contributed by atoms with E-state index in [-0.39, 0.29) is 11.4 Å². The second kappa shape index (κ2) is 9.07. The van der Waals surface area contributed by atoms with Crippen molar-refractivity contribution in [3.05, 3.63) is 69.2 Å². The first kappa shape index (κ1) is 22.5. The highest BCUT2D eigenvalue weighted by molar-refractivity contribution is 6.31. The molecule has 9 heteroatoms. The van der Waals surface area contributed by atoms with Crippen molar-refractivity contribution in [3.8, 4) is 17.0 Å². The minimum absolute atomic E-state index is 0.116. The molecule has 0 radical (unpaired) electrons. The van der Waals surface area contributed by atoms with E-state index in [1.54, 1.807) is 32.2 Å². The molecule has 2 aromatic heterocycles. The fraction of sp³-hybridized carbons (Fsp3) is 0.250. The average molecular weight is 467 g/mol. The lowest BCUT2D eigenvalue weighted by Gasteiger charge is -2.18. The normalized spacial score (nSPS) is 12.0. The number of nitrogens with zero attached hydrogens (tertiary/aromatic N) is 3. The zero-order chi connectivity index (χ0) is 23.7. The van der Waals surface area contributed by atoms with Crippen LogP contribution in [0.5, 0.6) is 5.75 Å². The third-order valence-corrected chi connectivity index (χ3v) is 5.89. The Kier molecular flexibility index (Phi) is 6.20. The highest BCUT2D eigenvalue weighted by Gasteiger charge is 2.26. The van der Waals surface area contributed by atoms with Gasteiger partial charge in [0.1, 0.15) is 23.2 Å². The predicted molar refractivity (Wildman–Crippen MR) is 127 cm³/mol. The number of methoxy groups -OCH3 is 1. The minimum atomic E-state index is -0.872. The number of aromatic nitrogens is 3. The number of aryl methyl sites for hydroxylation is 2. The number of hydrogen-bond acceptors (Lipinski definition) is 6. The number of benzene rings is 2. The highest BCUT2D eigenvalue weighted by atomic mass is 35.5. The Hall–Kier alpha value is -3.65. The molecule has 0 saturated heterocycles. The Morgan fingerprint density at radius 1 is 1.24 bits per heavy atom. The van der Waals surface area contributed by atoms with Gasteiger partial charge in [0.25, 0.3) is 5.56 Å². The quantitative estimate of drug-likeness (QED) is 0.433. The number of rotatable bonds is 6. The topological polar surface area (TPSA) is 99.2 Å². The Morgan fingerprint density at radius 2 is 2.03 bits per heavy atom. The van der Waals surface area contributed by atoms with Gasteiger partial charge in [-0.3, -0.25) is 9.59 Å². The summed E-state index contributed by atoms with van der Waals surface area (Å²) in [5.74, 6) is 0.713. The summed E-state index contributed by atoms with van der Waals surface area (Å²) in [5, 5.41) is 12.4. The van der Waals surface area contributed by atoms with E-state index in [2.05, 4.69) is 15.6 Å². The van der Waals surface area contributed by atoms with Crippen LogP contribution < -0.4 is 15.6 Å². The first-order valence-corrected chi connectivity index (χ1v) is 10.8. The van der Waals surface area contributed by atoms with Gasteiger partial charge in [-0.25, -0.2) is 4.68 Å². The average Bonchev–Trinajstić information content (AvgIpc) is 3.20. The van der Waals surface area contributed by atoms with E-state index in [9.17, 15) is 9.59 Å². The second-order valence-electron chi connectivity index (χ2n) is 7.67. The van der Waals surface area contributed by atoms with Gasteiger partial charge < -0.3 is 14.6 Å². The van der Waals surface area contributed by atoms with Crippen molar-refractivity contribution in [2.45, 2.75) is 33.2 Å². The summed E-state index contributed by atoms with van der Waals surface area (Å²) in [4.78, 5) is 26.4. The molecule has 0 unspecified atom stereocenters. The molecule has 2 aromatic carbocycles. The van der Waals surface area contributed by atoms with Gasteiger partial charge in [-0.2, -0.15) is 5.10 Å². The van der Waals surface area contributed by atoms with Crippen molar-refractivity contribution in [1.29, 1.82) is 0 Å². The summed E-state index contributed by atoms with van der Waals surface area (Å²) in [6.07, 6.45) is 0.332. The fourth-order valence-corrected chi connectivity index (χ4v) is 3.84. The van der Waals surface area contributed by atoms with Gasteiger partial charge in [-0.1, -0.05) is 41.9 Å². The summed E-state index contributed by atoms with van der Waals surface area (Å²) in [6, 6.07) is 11.7. The monoisotopic (exact) mass is 466 g/mol. The largest absolute Gasteiger partial charge is 0.497 e. The molecule has 1 N–H and O–H groups in total. The number of ether oxygens (including phenoxy) is 1. The number of amides is 1. The number of carbonyl (C=O) groups excluding carboxylic acids is 1. The van der Waals surface area contributed by atoms with Crippen molar-refractivity contribution < 1.29 is 14.1 Å². The van der Waals surface area contributed by atoms with Crippen LogP contribution in [0.15, 0.2) is 51.8 Å². The van der Waals surface area contributed by atoms with Crippen LogP contribution in [-0.2, 0) is 4.79 Å². The van der Waals surface area contributed by atoms with Crippen molar-refractivity contribution in [2.75, 3.05) is 12.4 Å². The number of anilines is 1. The summed E-state index contributed by atoms with van der Waals surface area (Å²) in [5.41, 5.74) is 2.23. The van der Waals surface area contributed by atoms with Gasteiger partial charge in [0, 0.05) is 16.3 Å². The minimum Gasteiger partial charge on any atom is -0.497 e. The van der Waals surface area contributed by atoms with Gasteiger partial charge in [0.2, 0.25) is 5.91 Å². The van der Waals surface area contributed by atoms with Crippen LogP contribution in [0.25, 0.3) is 22.2 Å².